The van der Waals surface area contributed by atoms with E-state index in [2.05, 4.69) is 49.0 Å². The molecule has 7 nitrogen and oxygen atoms in total. The summed E-state index contributed by atoms with van der Waals surface area (Å²) in [5.74, 6) is 1.55. The van der Waals surface area contributed by atoms with Crippen LogP contribution in [0.3, 0.4) is 0 Å². The minimum Gasteiger partial charge on any atom is -0.469 e. The lowest BCUT2D eigenvalue weighted by molar-refractivity contribution is 0.535. The number of para-hydroxylation sites is 1. The van der Waals surface area contributed by atoms with Crippen LogP contribution in [0.25, 0.3) is 22.5 Å². The van der Waals surface area contributed by atoms with E-state index in [1.807, 2.05) is 25.3 Å². The van der Waals surface area contributed by atoms with Gasteiger partial charge in [-0.3, -0.25) is 9.97 Å². The molecule has 3 aromatic heterocycles. The number of aromatic nitrogens is 4. The third-order valence-electron chi connectivity index (χ3n) is 5.41. The van der Waals surface area contributed by atoms with Crippen LogP contribution in [0, 0.1) is 6.92 Å². The summed E-state index contributed by atoms with van der Waals surface area (Å²) in [6.07, 6.45) is 8.60. The van der Waals surface area contributed by atoms with Crippen LogP contribution in [0.15, 0.2) is 71.9 Å². The molecule has 0 unspecified atom stereocenters. The summed E-state index contributed by atoms with van der Waals surface area (Å²) in [7, 11) is 0. The van der Waals surface area contributed by atoms with Crippen molar-refractivity contribution in [2.75, 3.05) is 36.0 Å². The summed E-state index contributed by atoms with van der Waals surface area (Å²) >= 11 is 0. The second kappa shape index (κ2) is 7.94. The predicted octanol–water partition coefficient (Wildman–Crippen LogP) is 3.83. The van der Waals surface area contributed by atoms with Gasteiger partial charge in [-0.05, 0) is 25.1 Å². The third kappa shape index (κ3) is 3.50. The molecule has 30 heavy (non-hydrogen) atoms. The SMILES string of the molecule is Cc1occc1-c1nc(N2CCN(c3ccccc3)CC2)ncc1-c1cnccn1. The molecule has 0 saturated carbocycles. The maximum absolute atomic E-state index is 5.54. The first kappa shape index (κ1) is 18.3. The fourth-order valence-corrected chi connectivity index (χ4v) is 3.79. The topological polar surface area (TPSA) is 71.2 Å². The van der Waals surface area contributed by atoms with Crippen molar-refractivity contribution in [2.45, 2.75) is 6.92 Å². The highest BCUT2D eigenvalue weighted by molar-refractivity contribution is 5.79. The van der Waals surface area contributed by atoms with Gasteiger partial charge in [-0.2, -0.15) is 0 Å². The summed E-state index contributed by atoms with van der Waals surface area (Å²) in [5, 5.41) is 0. The van der Waals surface area contributed by atoms with Gasteiger partial charge in [-0.15, -0.1) is 0 Å². The van der Waals surface area contributed by atoms with Gasteiger partial charge >= 0.3 is 0 Å². The van der Waals surface area contributed by atoms with Crippen LogP contribution < -0.4 is 9.80 Å². The molecule has 0 bridgehead atoms. The molecule has 1 saturated heterocycles. The molecule has 0 spiro atoms. The highest BCUT2D eigenvalue weighted by Crippen LogP contribution is 2.32. The van der Waals surface area contributed by atoms with Crippen LogP contribution in [0.2, 0.25) is 0 Å². The quantitative estimate of drug-likeness (QED) is 0.517. The highest BCUT2D eigenvalue weighted by Gasteiger charge is 2.22. The zero-order valence-electron chi connectivity index (χ0n) is 16.8. The number of hydrogen-bond acceptors (Lipinski definition) is 7. The number of hydrogen-bond donors (Lipinski definition) is 0. The molecule has 1 aliphatic rings. The zero-order chi connectivity index (χ0) is 20.3. The van der Waals surface area contributed by atoms with Crippen molar-refractivity contribution in [1.29, 1.82) is 0 Å². The Bertz CT molecular complexity index is 1120. The highest BCUT2D eigenvalue weighted by atomic mass is 16.3. The first-order valence-electron chi connectivity index (χ1n) is 10.0. The summed E-state index contributed by atoms with van der Waals surface area (Å²) in [6, 6.07) is 12.5. The van der Waals surface area contributed by atoms with Crippen molar-refractivity contribution in [3.63, 3.8) is 0 Å². The van der Waals surface area contributed by atoms with Crippen LogP contribution in [-0.4, -0.2) is 46.1 Å². The molecule has 150 valence electrons. The lowest BCUT2D eigenvalue weighted by Crippen LogP contribution is -2.47. The number of rotatable bonds is 4. The Labute approximate surface area is 175 Å². The molecule has 0 atom stereocenters. The lowest BCUT2D eigenvalue weighted by Gasteiger charge is -2.36. The molecule has 0 amide bonds. The molecule has 1 fully saturated rings. The number of piperazine rings is 1. The second-order valence-electron chi connectivity index (χ2n) is 7.22. The first-order chi connectivity index (χ1) is 14.8. The average molecular weight is 398 g/mol. The van der Waals surface area contributed by atoms with Gasteiger partial charge < -0.3 is 14.2 Å². The van der Waals surface area contributed by atoms with E-state index >= 15 is 0 Å². The summed E-state index contributed by atoms with van der Waals surface area (Å²) in [6.45, 7) is 5.53. The number of aryl methyl sites for hydroxylation is 1. The van der Waals surface area contributed by atoms with Gasteiger partial charge in [-0.1, -0.05) is 18.2 Å². The number of furan rings is 1. The van der Waals surface area contributed by atoms with Crippen molar-refractivity contribution < 1.29 is 4.42 Å². The van der Waals surface area contributed by atoms with Gasteiger partial charge in [0.2, 0.25) is 5.95 Å². The van der Waals surface area contributed by atoms with Crippen molar-refractivity contribution in [3.8, 4) is 22.5 Å². The maximum atomic E-state index is 5.54. The van der Waals surface area contributed by atoms with E-state index in [9.17, 15) is 0 Å². The Morgan fingerprint density at radius 3 is 2.33 bits per heavy atom. The number of anilines is 2. The van der Waals surface area contributed by atoms with Crippen LogP contribution >= 0.6 is 0 Å². The summed E-state index contributed by atoms with van der Waals surface area (Å²) in [4.78, 5) is 22.9. The van der Waals surface area contributed by atoms with Crippen LogP contribution in [0.4, 0.5) is 11.6 Å². The molecule has 5 rings (SSSR count). The Morgan fingerprint density at radius 1 is 0.833 bits per heavy atom. The Hall–Kier alpha value is -3.74. The summed E-state index contributed by atoms with van der Waals surface area (Å²) < 4.78 is 5.54. The van der Waals surface area contributed by atoms with Gasteiger partial charge in [0.25, 0.3) is 0 Å². The Morgan fingerprint density at radius 2 is 1.63 bits per heavy atom. The lowest BCUT2D eigenvalue weighted by atomic mass is 10.1. The fourth-order valence-electron chi connectivity index (χ4n) is 3.79. The summed E-state index contributed by atoms with van der Waals surface area (Å²) in [5.41, 5.74) is 4.61. The van der Waals surface area contributed by atoms with E-state index in [4.69, 9.17) is 9.40 Å². The zero-order valence-corrected chi connectivity index (χ0v) is 16.8. The van der Waals surface area contributed by atoms with Crippen LogP contribution in [-0.2, 0) is 0 Å². The molecule has 4 heterocycles. The Balaban J connectivity index is 1.45. The van der Waals surface area contributed by atoms with Crippen molar-refractivity contribution >= 4 is 11.6 Å². The van der Waals surface area contributed by atoms with E-state index in [0.29, 0.717) is 0 Å². The third-order valence-corrected chi connectivity index (χ3v) is 5.41. The van der Waals surface area contributed by atoms with E-state index in [1.165, 1.54) is 5.69 Å². The molecule has 0 radical (unpaired) electrons. The van der Waals surface area contributed by atoms with E-state index in [-0.39, 0.29) is 0 Å². The molecule has 0 N–H and O–H groups in total. The maximum Gasteiger partial charge on any atom is 0.226 e. The minimum absolute atomic E-state index is 0.728. The molecule has 0 aliphatic carbocycles. The van der Waals surface area contributed by atoms with Gasteiger partial charge in [-0.25, -0.2) is 9.97 Å². The van der Waals surface area contributed by atoms with E-state index < -0.39 is 0 Å². The smallest absolute Gasteiger partial charge is 0.226 e. The van der Waals surface area contributed by atoms with Crippen LogP contribution in [0.5, 0.6) is 0 Å². The normalized spacial score (nSPS) is 14.2. The van der Waals surface area contributed by atoms with Gasteiger partial charge in [0.15, 0.2) is 0 Å². The van der Waals surface area contributed by atoms with Crippen molar-refractivity contribution in [3.05, 3.63) is 73.2 Å². The number of nitrogens with zero attached hydrogens (tertiary/aromatic N) is 6. The molecule has 1 aliphatic heterocycles. The monoisotopic (exact) mass is 398 g/mol. The van der Waals surface area contributed by atoms with Crippen molar-refractivity contribution in [2.24, 2.45) is 0 Å². The molecular formula is C23H22N6O. The minimum atomic E-state index is 0.728. The largest absolute Gasteiger partial charge is 0.469 e. The van der Waals surface area contributed by atoms with Crippen molar-refractivity contribution in [1.82, 2.24) is 19.9 Å². The second-order valence-corrected chi connectivity index (χ2v) is 7.22. The molecule has 7 heteroatoms. The number of benzene rings is 1. The van der Waals surface area contributed by atoms with Gasteiger partial charge in [0.05, 0.1) is 23.8 Å². The average Bonchev–Trinajstić information content (AvgIpc) is 3.26. The molecule has 4 aromatic rings. The van der Waals surface area contributed by atoms with Gasteiger partial charge in [0.1, 0.15) is 5.76 Å². The first-order valence-corrected chi connectivity index (χ1v) is 10.0. The fraction of sp³-hybridized carbons (Fsp3) is 0.217. The molecular weight excluding hydrogens is 376 g/mol. The molecule has 1 aromatic carbocycles. The van der Waals surface area contributed by atoms with Crippen LogP contribution in [0.1, 0.15) is 5.76 Å². The van der Waals surface area contributed by atoms with Gasteiger partial charge in [0, 0.05) is 61.6 Å². The standard InChI is InChI=1S/C23H22N6O/c1-17-19(7-14-30-17)22-20(21-16-24-8-9-25-21)15-26-23(27-22)29-12-10-28(11-13-29)18-5-3-2-4-6-18/h2-9,14-16H,10-13H2,1H3. The van der Waals surface area contributed by atoms with E-state index in [0.717, 1.165) is 60.4 Å². The van der Waals surface area contributed by atoms with E-state index in [1.54, 1.807) is 24.9 Å². The Kier molecular flexibility index (Phi) is 4.85. The predicted molar refractivity (Wildman–Crippen MR) is 116 cm³/mol.